The van der Waals surface area contributed by atoms with Crippen molar-refractivity contribution >= 4 is 38.9 Å². The minimum Gasteiger partial charge on any atom is -0.322 e. The van der Waals surface area contributed by atoms with E-state index in [1.54, 1.807) is 0 Å². The van der Waals surface area contributed by atoms with Crippen LogP contribution < -0.4 is 16.6 Å². The lowest BCUT2D eigenvalue weighted by molar-refractivity contribution is -0.384. The number of nitro benzene ring substituents is 1. The van der Waals surface area contributed by atoms with E-state index in [2.05, 4.69) is 31.7 Å². The van der Waals surface area contributed by atoms with Gasteiger partial charge in [-0.3, -0.25) is 25.7 Å². The van der Waals surface area contributed by atoms with Crippen LogP contribution in [-0.2, 0) is 0 Å². The predicted molar refractivity (Wildman–Crippen MR) is 80.8 cm³/mol. The molecule has 0 atom stereocenters. The second-order valence-electron chi connectivity index (χ2n) is 3.94. The number of nitrogens with two attached hydrogens (primary N) is 1. The number of carbonyl (C=O) groups excluding carboxylic acids is 1. The lowest BCUT2D eigenvalue weighted by atomic mass is 10.2. The number of benzene rings is 1. The van der Waals surface area contributed by atoms with Gasteiger partial charge in [0.15, 0.2) is 0 Å². The fourth-order valence-corrected chi connectivity index (χ4v) is 1.97. The number of hydrogen-bond acceptors (Lipinski definition) is 6. The molecule has 2 rings (SSSR count). The van der Waals surface area contributed by atoms with E-state index in [-0.39, 0.29) is 16.9 Å². The molecule has 1 heterocycles. The molecule has 0 bridgehead atoms. The first-order valence-electron chi connectivity index (χ1n) is 5.69. The molecule has 21 heavy (non-hydrogen) atoms. The number of nitrogens with zero attached hydrogens (tertiary/aromatic N) is 2. The van der Waals surface area contributed by atoms with Gasteiger partial charge in [-0.05, 0) is 28.1 Å². The molecule has 0 aliphatic carbocycles. The maximum atomic E-state index is 12.2. The van der Waals surface area contributed by atoms with Crippen molar-refractivity contribution in [1.82, 2.24) is 4.98 Å². The first-order valence-corrected chi connectivity index (χ1v) is 6.48. The van der Waals surface area contributed by atoms with Crippen LogP contribution in [0.5, 0.6) is 0 Å². The fraction of sp³-hybridized carbons (Fsp3) is 0. The SMILES string of the molecule is NNc1cnccc1C(=O)Nc1cc([N+](=O)[O-])ccc1Br. The van der Waals surface area contributed by atoms with Crippen LogP contribution in [0.2, 0.25) is 0 Å². The van der Waals surface area contributed by atoms with Gasteiger partial charge in [-0.2, -0.15) is 0 Å². The summed E-state index contributed by atoms with van der Waals surface area (Å²) in [5.74, 6) is 4.84. The normalized spacial score (nSPS) is 10.0. The number of halogens is 1. The third-order valence-electron chi connectivity index (χ3n) is 2.63. The monoisotopic (exact) mass is 351 g/mol. The highest BCUT2D eigenvalue weighted by atomic mass is 79.9. The van der Waals surface area contributed by atoms with Crippen molar-refractivity contribution in [2.75, 3.05) is 10.7 Å². The summed E-state index contributed by atoms with van der Waals surface area (Å²) in [4.78, 5) is 26.3. The Morgan fingerprint density at radius 2 is 2.10 bits per heavy atom. The Balaban J connectivity index is 2.31. The first-order chi connectivity index (χ1) is 10.0. The molecule has 4 N–H and O–H groups in total. The lowest BCUT2D eigenvalue weighted by Crippen LogP contribution is -2.17. The maximum Gasteiger partial charge on any atom is 0.271 e. The molecule has 2 aromatic rings. The molecule has 0 aliphatic heterocycles. The van der Waals surface area contributed by atoms with Gasteiger partial charge in [0.25, 0.3) is 11.6 Å². The van der Waals surface area contributed by atoms with E-state index in [0.29, 0.717) is 10.2 Å². The molecule has 0 fully saturated rings. The molecular weight excluding hydrogens is 342 g/mol. The standard InChI is InChI=1S/C12H10BrN5O3/c13-9-2-1-7(18(20)21)5-10(9)16-12(19)8-3-4-15-6-11(8)17-14/h1-6,17H,14H2,(H,16,19). The summed E-state index contributed by atoms with van der Waals surface area (Å²) in [6, 6.07) is 5.57. The van der Waals surface area contributed by atoms with E-state index in [9.17, 15) is 14.9 Å². The van der Waals surface area contributed by atoms with Crippen molar-refractivity contribution in [3.05, 3.63) is 56.8 Å². The molecule has 0 radical (unpaired) electrons. The number of nitrogens with one attached hydrogen (secondary N) is 2. The smallest absolute Gasteiger partial charge is 0.271 e. The average Bonchev–Trinajstić information content (AvgIpc) is 2.49. The number of rotatable bonds is 4. The number of non-ortho nitro benzene ring substituents is 1. The molecule has 1 amide bonds. The molecular formula is C12H10BrN5O3. The van der Waals surface area contributed by atoms with Gasteiger partial charge in [-0.1, -0.05) is 0 Å². The van der Waals surface area contributed by atoms with Crippen LogP contribution in [0.4, 0.5) is 17.1 Å². The van der Waals surface area contributed by atoms with E-state index in [4.69, 9.17) is 5.84 Å². The van der Waals surface area contributed by atoms with Crippen LogP contribution in [0.3, 0.4) is 0 Å². The van der Waals surface area contributed by atoms with Crippen LogP contribution >= 0.6 is 15.9 Å². The van der Waals surface area contributed by atoms with E-state index in [1.165, 1.54) is 36.7 Å². The second kappa shape index (κ2) is 6.29. The third-order valence-corrected chi connectivity index (χ3v) is 3.32. The highest BCUT2D eigenvalue weighted by Gasteiger charge is 2.15. The zero-order chi connectivity index (χ0) is 15.4. The first kappa shape index (κ1) is 14.9. The number of aromatic nitrogens is 1. The van der Waals surface area contributed by atoms with Crippen molar-refractivity contribution in [2.45, 2.75) is 0 Å². The maximum absolute atomic E-state index is 12.2. The Bertz CT molecular complexity index is 707. The van der Waals surface area contributed by atoms with Crippen LogP contribution in [0.25, 0.3) is 0 Å². The highest BCUT2D eigenvalue weighted by Crippen LogP contribution is 2.28. The lowest BCUT2D eigenvalue weighted by Gasteiger charge is -2.10. The molecule has 8 nitrogen and oxygen atoms in total. The minimum absolute atomic E-state index is 0.125. The molecule has 0 spiro atoms. The summed E-state index contributed by atoms with van der Waals surface area (Å²) in [7, 11) is 0. The number of nitrogen functional groups attached to an aromatic ring is 1. The van der Waals surface area contributed by atoms with Gasteiger partial charge in [0.05, 0.1) is 28.1 Å². The molecule has 9 heteroatoms. The van der Waals surface area contributed by atoms with Crippen LogP contribution in [0.1, 0.15) is 10.4 Å². The van der Waals surface area contributed by atoms with Crippen LogP contribution in [-0.4, -0.2) is 15.8 Å². The molecule has 0 unspecified atom stereocenters. The molecule has 0 saturated carbocycles. The van der Waals surface area contributed by atoms with Crippen LogP contribution in [0, 0.1) is 10.1 Å². The number of hydrogen-bond donors (Lipinski definition) is 3. The van der Waals surface area contributed by atoms with Crippen LogP contribution in [0.15, 0.2) is 41.1 Å². The van der Waals surface area contributed by atoms with Gasteiger partial charge in [0.2, 0.25) is 0 Å². The zero-order valence-corrected chi connectivity index (χ0v) is 12.1. The van der Waals surface area contributed by atoms with E-state index in [0.717, 1.165) is 0 Å². The van der Waals surface area contributed by atoms with Gasteiger partial charge < -0.3 is 10.7 Å². The summed E-state index contributed by atoms with van der Waals surface area (Å²) in [5, 5.41) is 13.3. The van der Waals surface area contributed by atoms with Crippen molar-refractivity contribution < 1.29 is 9.72 Å². The molecule has 1 aromatic heterocycles. The number of pyridine rings is 1. The molecule has 0 aliphatic rings. The van der Waals surface area contributed by atoms with Crippen molar-refractivity contribution in [2.24, 2.45) is 5.84 Å². The Labute approximate surface area is 127 Å². The zero-order valence-electron chi connectivity index (χ0n) is 10.5. The second-order valence-corrected chi connectivity index (χ2v) is 4.80. The van der Waals surface area contributed by atoms with Crippen molar-refractivity contribution in [3.8, 4) is 0 Å². The number of carbonyl (C=O) groups is 1. The van der Waals surface area contributed by atoms with E-state index < -0.39 is 10.8 Å². The van der Waals surface area contributed by atoms with Gasteiger partial charge in [-0.15, -0.1) is 0 Å². The Kier molecular flexibility index (Phi) is 4.45. The fourth-order valence-electron chi connectivity index (χ4n) is 1.62. The van der Waals surface area contributed by atoms with E-state index in [1.807, 2.05) is 0 Å². The molecule has 1 aromatic carbocycles. The Morgan fingerprint density at radius 1 is 1.33 bits per heavy atom. The predicted octanol–water partition coefficient (Wildman–Crippen LogP) is 2.29. The van der Waals surface area contributed by atoms with Gasteiger partial charge in [-0.25, -0.2) is 0 Å². The largest absolute Gasteiger partial charge is 0.322 e. The van der Waals surface area contributed by atoms with Gasteiger partial charge in [0.1, 0.15) is 0 Å². The number of nitro groups is 1. The van der Waals surface area contributed by atoms with Gasteiger partial charge in [0, 0.05) is 22.8 Å². The summed E-state index contributed by atoms with van der Waals surface area (Å²) in [5.41, 5.74) is 3.14. The summed E-state index contributed by atoms with van der Waals surface area (Å²) >= 11 is 3.23. The quantitative estimate of drug-likeness (QED) is 0.441. The average molecular weight is 352 g/mol. The van der Waals surface area contributed by atoms with E-state index >= 15 is 0 Å². The Morgan fingerprint density at radius 3 is 2.76 bits per heavy atom. The number of anilines is 2. The molecule has 108 valence electrons. The Hall–Kier alpha value is -2.52. The summed E-state index contributed by atoms with van der Waals surface area (Å²) in [6.07, 6.45) is 2.84. The topological polar surface area (TPSA) is 123 Å². The number of amides is 1. The van der Waals surface area contributed by atoms with Crippen molar-refractivity contribution in [1.29, 1.82) is 0 Å². The summed E-state index contributed by atoms with van der Waals surface area (Å²) in [6.45, 7) is 0. The minimum atomic E-state index is -0.540. The summed E-state index contributed by atoms with van der Waals surface area (Å²) < 4.78 is 0.526. The highest BCUT2D eigenvalue weighted by molar-refractivity contribution is 9.10. The number of hydrazine groups is 1. The third kappa shape index (κ3) is 3.33. The molecule has 0 saturated heterocycles. The van der Waals surface area contributed by atoms with Crippen molar-refractivity contribution in [3.63, 3.8) is 0 Å². The van der Waals surface area contributed by atoms with Gasteiger partial charge >= 0.3 is 0 Å².